The summed E-state index contributed by atoms with van der Waals surface area (Å²) < 4.78 is 9.55. The van der Waals surface area contributed by atoms with Crippen LogP contribution in [0.2, 0.25) is 0 Å². The van der Waals surface area contributed by atoms with Crippen LogP contribution >= 0.6 is 0 Å². The second-order valence-corrected chi connectivity index (χ2v) is 3.43. The van der Waals surface area contributed by atoms with Gasteiger partial charge in [0.1, 0.15) is 0 Å². The molecule has 0 aliphatic heterocycles. The van der Waals surface area contributed by atoms with Gasteiger partial charge in [-0.2, -0.15) is 0 Å². The first-order valence-electron chi connectivity index (χ1n) is 4.53. The van der Waals surface area contributed by atoms with E-state index in [1.165, 1.54) is 7.11 Å². The van der Waals surface area contributed by atoms with Crippen molar-refractivity contribution in [1.82, 2.24) is 5.16 Å². The number of aryl methyl sites for hydroxylation is 1. The molecule has 1 aliphatic carbocycles. The van der Waals surface area contributed by atoms with Crippen LogP contribution in [0.25, 0.3) is 0 Å². The van der Waals surface area contributed by atoms with Crippen molar-refractivity contribution in [1.29, 1.82) is 0 Å². The summed E-state index contributed by atoms with van der Waals surface area (Å²) in [6.07, 6.45) is 2.07. The number of carbonyl (C=O) groups excluding carboxylic acids is 1. The molecule has 1 aliphatic rings. The number of esters is 1. The van der Waals surface area contributed by atoms with Crippen LogP contribution in [0.15, 0.2) is 4.52 Å². The molecule has 0 aromatic carbocycles. The highest BCUT2D eigenvalue weighted by atomic mass is 16.5. The van der Waals surface area contributed by atoms with E-state index in [4.69, 9.17) is 15.0 Å². The number of nitrogen functional groups attached to an aromatic ring is 1. The second kappa shape index (κ2) is 3.32. The Hall–Kier alpha value is -1.52. The van der Waals surface area contributed by atoms with Crippen LogP contribution in [0.4, 0.5) is 5.88 Å². The molecule has 0 spiro atoms. The first-order chi connectivity index (χ1) is 6.72. The Morgan fingerprint density at radius 3 is 3.21 bits per heavy atom. The summed E-state index contributed by atoms with van der Waals surface area (Å²) in [7, 11) is 1.40. The zero-order valence-electron chi connectivity index (χ0n) is 7.95. The number of carbonyl (C=O) groups is 1. The fourth-order valence-corrected chi connectivity index (χ4v) is 1.80. The molecule has 1 heterocycles. The van der Waals surface area contributed by atoms with Gasteiger partial charge in [-0.1, -0.05) is 5.16 Å². The highest BCUT2D eigenvalue weighted by Gasteiger charge is 2.29. The van der Waals surface area contributed by atoms with Crippen molar-refractivity contribution in [2.75, 3.05) is 12.8 Å². The summed E-state index contributed by atoms with van der Waals surface area (Å²) in [6.45, 7) is 0. The van der Waals surface area contributed by atoms with Gasteiger partial charge in [0.25, 0.3) is 0 Å². The third-order valence-electron chi connectivity index (χ3n) is 2.61. The molecule has 1 atom stereocenters. The first kappa shape index (κ1) is 9.05. The monoisotopic (exact) mass is 196 g/mol. The summed E-state index contributed by atoms with van der Waals surface area (Å²) in [4.78, 5) is 11.3. The predicted molar refractivity (Wildman–Crippen MR) is 48.4 cm³/mol. The average molecular weight is 196 g/mol. The van der Waals surface area contributed by atoms with Crippen molar-refractivity contribution in [3.8, 4) is 0 Å². The SMILES string of the molecule is COC(=O)C1CCc2noc(N)c2C1. The maximum atomic E-state index is 11.3. The Labute approximate surface area is 81.2 Å². The lowest BCUT2D eigenvalue weighted by Crippen LogP contribution is -2.23. The fraction of sp³-hybridized carbons (Fsp3) is 0.556. The molecule has 5 nitrogen and oxygen atoms in total. The number of anilines is 1. The van der Waals surface area contributed by atoms with Crippen LogP contribution in [0, 0.1) is 5.92 Å². The van der Waals surface area contributed by atoms with Gasteiger partial charge in [0.2, 0.25) is 5.88 Å². The van der Waals surface area contributed by atoms with Crippen molar-refractivity contribution < 1.29 is 14.1 Å². The molecule has 0 amide bonds. The average Bonchev–Trinajstić information content (AvgIpc) is 2.59. The van der Waals surface area contributed by atoms with E-state index in [0.29, 0.717) is 12.3 Å². The molecule has 0 fully saturated rings. The molecule has 2 N–H and O–H groups in total. The number of nitrogens with zero attached hydrogens (tertiary/aromatic N) is 1. The van der Waals surface area contributed by atoms with Gasteiger partial charge in [-0.3, -0.25) is 4.79 Å². The summed E-state index contributed by atoms with van der Waals surface area (Å²) in [5, 5.41) is 3.82. The molecule has 0 saturated heterocycles. The maximum Gasteiger partial charge on any atom is 0.309 e. The van der Waals surface area contributed by atoms with E-state index < -0.39 is 0 Å². The Morgan fingerprint density at radius 2 is 2.50 bits per heavy atom. The van der Waals surface area contributed by atoms with Crippen LogP contribution in [0.3, 0.4) is 0 Å². The van der Waals surface area contributed by atoms with Crippen molar-refractivity contribution >= 4 is 11.9 Å². The van der Waals surface area contributed by atoms with Crippen LogP contribution < -0.4 is 5.73 Å². The summed E-state index contributed by atoms with van der Waals surface area (Å²) >= 11 is 0. The van der Waals surface area contributed by atoms with Crippen molar-refractivity contribution in [2.24, 2.45) is 5.92 Å². The van der Waals surface area contributed by atoms with Crippen molar-refractivity contribution in [2.45, 2.75) is 19.3 Å². The van der Waals surface area contributed by atoms with E-state index in [9.17, 15) is 4.79 Å². The Bertz CT molecular complexity index is 359. The number of aromatic nitrogens is 1. The number of hydrogen-bond acceptors (Lipinski definition) is 5. The van der Waals surface area contributed by atoms with Gasteiger partial charge in [0, 0.05) is 5.56 Å². The van der Waals surface area contributed by atoms with Crippen molar-refractivity contribution in [3.05, 3.63) is 11.3 Å². The summed E-state index contributed by atoms with van der Waals surface area (Å²) in [5.41, 5.74) is 7.33. The van der Waals surface area contributed by atoms with Gasteiger partial charge in [0.05, 0.1) is 18.7 Å². The number of hydrogen-bond donors (Lipinski definition) is 1. The minimum absolute atomic E-state index is 0.103. The number of fused-ring (bicyclic) bond motifs is 1. The lowest BCUT2D eigenvalue weighted by Gasteiger charge is -2.18. The van der Waals surface area contributed by atoms with Crippen LogP contribution in [-0.4, -0.2) is 18.2 Å². The van der Waals surface area contributed by atoms with E-state index in [2.05, 4.69) is 5.16 Å². The third-order valence-corrected chi connectivity index (χ3v) is 2.61. The normalized spacial score (nSPS) is 20.2. The van der Waals surface area contributed by atoms with Gasteiger partial charge < -0.3 is 15.0 Å². The van der Waals surface area contributed by atoms with Gasteiger partial charge in [0.15, 0.2) is 0 Å². The van der Waals surface area contributed by atoms with Gasteiger partial charge >= 0.3 is 5.97 Å². The Balaban J connectivity index is 2.20. The summed E-state index contributed by atoms with van der Waals surface area (Å²) in [5.74, 6) is 0.0408. The highest BCUT2D eigenvalue weighted by Crippen LogP contribution is 2.29. The molecular formula is C9H12N2O3. The molecule has 14 heavy (non-hydrogen) atoms. The van der Waals surface area contributed by atoms with Crippen LogP contribution in [-0.2, 0) is 22.4 Å². The number of methoxy groups -OCH3 is 1. The highest BCUT2D eigenvalue weighted by molar-refractivity contribution is 5.73. The zero-order valence-corrected chi connectivity index (χ0v) is 7.95. The number of rotatable bonds is 1. The second-order valence-electron chi connectivity index (χ2n) is 3.43. The molecule has 1 aromatic rings. The topological polar surface area (TPSA) is 78.3 Å². The van der Waals surface area contributed by atoms with E-state index in [1.54, 1.807) is 0 Å². The van der Waals surface area contributed by atoms with Crippen LogP contribution in [0.5, 0.6) is 0 Å². The molecule has 76 valence electrons. The molecule has 2 rings (SSSR count). The number of ether oxygens (including phenoxy) is 1. The molecule has 1 aromatic heterocycles. The first-order valence-corrected chi connectivity index (χ1v) is 4.53. The van der Waals surface area contributed by atoms with E-state index >= 15 is 0 Å². The smallest absolute Gasteiger partial charge is 0.309 e. The van der Waals surface area contributed by atoms with Crippen LogP contribution in [0.1, 0.15) is 17.7 Å². The largest absolute Gasteiger partial charge is 0.469 e. The van der Waals surface area contributed by atoms with Gasteiger partial charge in [-0.15, -0.1) is 0 Å². The quantitative estimate of drug-likeness (QED) is 0.663. The molecule has 5 heteroatoms. The molecular weight excluding hydrogens is 184 g/mol. The number of nitrogens with two attached hydrogens (primary N) is 1. The van der Waals surface area contributed by atoms with E-state index in [0.717, 1.165) is 24.1 Å². The minimum Gasteiger partial charge on any atom is -0.469 e. The summed E-state index contributed by atoms with van der Waals surface area (Å²) in [6, 6.07) is 0. The standard InChI is InChI=1S/C9H12N2O3/c1-13-9(12)5-2-3-7-6(4-5)8(10)14-11-7/h5H,2-4,10H2,1H3. The molecule has 0 saturated carbocycles. The van der Waals surface area contributed by atoms with Gasteiger partial charge in [-0.25, -0.2) is 0 Å². The third kappa shape index (κ3) is 1.34. The van der Waals surface area contributed by atoms with E-state index in [1.807, 2.05) is 0 Å². The lowest BCUT2D eigenvalue weighted by molar-refractivity contribution is -0.145. The van der Waals surface area contributed by atoms with Gasteiger partial charge in [-0.05, 0) is 19.3 Å². The Morgan fingerprint density at radius 1 is 1.71 bits per heavy atom. The fourth-order valence-electron chi connectivity index (χ4n) is 1.80. The minimum atomic E-state index is -0.184. The lowest BCUT2D eigenvalue weighted by atomic mass is 9.87. The Kier molecular flexibility index (Phi) is 2.15. The molecule has 1 unspecified atom stereocenters. The molecule has 0 bridgehead atoms. The molecule has 0 radical (unpaired) electrons. The van der Waals surface area contributed by atoms with E-state index in [-0.39, 0.29) is 11.9 Å². The zero-order chi connectivity index (χ0) is 10.1. The maximum absolute atomic E-state index is 11.3. The van der Waals surface area contributed by atoms with Crippen molar-refractivity contribution in [3.63, 3.8) is 0 Å². The predicted octanol–water partition coefficient (Wildman–Crippen LogP) is 0.535.